The molecule has 23 heavy (non-hydrogen) atoms. The molecule has 0 spiro atoms. The molecule has 1 aliphatic rings. The molecule has 122 valence electrons. The number of aromatic nitrogens is 2. The molecule has 0 amide bonds. The fourth-order valence-corrected chi connectivity index (χ4v) is 2.59. The monoisotopic (exact) mass is 323 g/mol. The third-order valence-electron chi connectivity index (χ3n) is 3.82. The third kappa shape index (κ3) is 3.91. The van der Waals surface area contributed by atoms with E-state index in [9.17, 15) is 13.2 Å². The van der Waals surface area contributed by atoms with E-state index in [1.807, 2.05) is 4.90 Å². The molecular weight excluding hydrogens is 307 g/mol. The third-order valence-corrected chi connectivity index (χ3v) is 3.82. The standard InChI is InChI=1S/C16H16F3N3O/c17-16(18,19)15-2-1-13(9-21-15)22-8-5-12(10-22)11-23-14-3-6-20-7-4-14/h1-4,6-7,9,12H,5,8,10-11H2. The fraction of sp³-hybridized carbons (Fsp3) is 0.375. The summed E-state index contributed by atoms with van der Waals surface area (Å²) in [5, 5.41) is 0. The lowest BCUT2D eigenvalue weighted by Crippen LogP contribution is -2.22. The van der Waals surface area contributed by atoms with Crippen molar-refractivity contribution in [3.05, 3.63) is 48.5 Å². The Morgan fingerprint density at radius 2 is 1.96 bits per heavy atom. The van der Waals surface area contributed by atoms with Gasteiger partial charge in [-0.3, -0.25) is 4.98 Å². The molecule has 1 unspecified atom stereocenters. The van der Waals surface area contributed by atoms with E-state index in [4.69, 9.17) is 4.74 Å². The molecule has 1 aliphatic heterocycles. The van der Waals surface area contributed by atoms with E-state index in [-0.39, 0.29) is 0 Å². The Bertz CT molecular complexity index is 631. The second-order valence-electron chi connectivity index (χ2n) is 5.49. The zero-order chi connectivity index (χ0) is 16.3. The maximum Gasteiger partial charge on any atom is 0.433 e. The molecule has 0 aromatic carbocycles. The molecule has 1 atom stereocenters. The van der Waals surface area contributed by atoms with Gasteiger partial charge in [0.05, 0.1) is 18.5 Å². The number of hydrogen-bond acceptors (Lipinski definition) is 4. The predicted molar refractivity (Wildman–Crippen MR) is 79.3 cm³/mol. The Labute approximate surface area is 131 Å². The van der Waals surface area contributed by atoms with Crippen LogP contribution in [0.15, 0.2) is 42.9 Å². The van der Waals surface area contributed by atoms with Crippen LogP contribution in [0, 0.1) is 5.92 Å². The summed E-state index contributed by atoms with van der Waals surface area (Å²) >= 11 is 0. The molecular formula is C16H16F3N3O. The second kappa shape index (κ2) is 6.44. The van der Waals surface area contributed by atoms with Crippen molar-refractivity contribution in [1.29, 1.82) is 0 Å². The van der Waals surface area contributed by atoms with Gasteiger partial charge in [0, 0.05) is 31.4 Å². The van der Waals surface area contributed by atoms with Crippen LogP contribution in [-0.4, -0.2) is 29.7 Å². The van der Waals surface area contributed by atoms with Gasteiger partial charge in [-0.1, -0.05) is 0 Å². The van der Waals surface area contributed by atoms with Gasteiger partial charge in [-0.15, -0.1) is 0 Å². The van der Waals surface area contributed by atoms with Crippen LogP contribution < -0.4 is 9.64 Å². The minimum Gasteiger partial charge on any atom is -0.493 e. The first-order chi connectivity index (χ1) is 11.0. The number of rotatable bonds is 4. The van der Waals surface area contributed by atoms with Crippen molar-refractivity contribution < 1.29 is 17.9 Å². The summed E-state index contributed by atoms with van der Waals surface area (Å²) in [6.45, 7) is 2.12. The van der Waals surface area contributed by atoms with Crippen LogP contribution in [0.3, 0.4) is 0 Å². The molecule has 4 nitrogen and oxygen atoms in total. The van der Waals surface area contributed by atoms with Crippen LogP contribution in [0.4, 0.5) is 18.9 Å². The van der Waals surface area contributed by atoms with E-state index >= 15 is 0 Å². The normalized spacial score (nSPS) is 18.2. The summed E-state index contributed by atoms with van der Waals surface area (Å²) in [5.74, 6) is 1.11. The van der Waals surface area contributed by atoms with Crippen LogP contribution in [0.1, 0.15) is 12.1 Å². The van der Waals surface area contributed by atoms with E-state index in [0.717, 1.165) is 31.3 Å². The molecule has 2 aromatic heterocycles. The van der Waals surface area contributed by atoms with Gasteiger partial charge in [-0.05, 0) is 30.7 Å². The quantitative estimate of drug-likeness (QED) is 0.864. The number of halogens is 3. The number of pyridine rings is 2. The largest absolute Gasteiger partial charge is 0.493 e. The molecule has 0 saturated carbocycles. The van der Waals surface area contributed by atoms with E-state index in [2.05, 4.69) is 9.97 Å². The molecule has 2 aromatic rings. The maximum absolute atomic E-state index is 12.5. The van der Waals surface area contributed by atoms with Gasteiger partial charge in [-0.25, -0.2) is 4.98 Å². The zero-order valence-electron chi connectivity index (χ0n) is 12.3. The average molecular weight is 323 g/mol. The van der Waals surface area contributed by atoms with E-state index in [0.29, 0.717) is 18.2 Å². The smallest absolute Gasteiger partial charge is 0.433 e. The minimum atomic E-state index is -4.40. The maximum atomic E-state index is 12.5. The number of ether oxygens (including phenoxy) is 1. The molecule has 0 N–H and O–H groups in total. The topological polar surface area (TPSA) is 38.2 Å². The molecule has 3 rings (SSSR count). The summed E-state index contributed by atoms with van der Waals surface area (Å²) in [5.41, 5.74) is -0.151. The number of anilines is 1. The molecule has 0 radical (unpaired) electrons. The summed E-state index contributed by atoms with van der Waals surface area (Å²) in [6, 6.07) is 6.09. The van der Waals surface area contributed by atoms with Crippen LogP contribution in [0.5, 0.6) is 5.75 Å². The first-order valence-corrected chi connectivity index (χ1v) is 7.33. The highest BCUT2D eigenvalue weighted by atomic mass is 19.4. The Morgan fingerprint density at radius 1 is 1.17 bits per heavy atom. The number of nitrogens with zero attached hydrogens (tertiary/aromatic N) is 3. The molecule has 7 heteroatoms. The summed E-state index contributed by atoms with van der Waals surface area (Å²) < 4.78 is 43.3. The van der Waals surface area contributed by atoms with Gasteiger partial charge >= 0.3 is 6.18 Å². The second-order valence-corrected chi connectivity index (χ2v) is 5.49. The van der Waals surface area contributed by atoms with Crippen LogP contribution in [-0.2, 0) is 6.18 Å². The van der Waals surface area contributed by atoms with Gasteiger partial charge in [0.2, 0.25) is 0 Å². The molecule has 3 heterocycles. The fourth-order valence-electron chi connectivity index (χ4n) is 2.59. The van der Waals surface area contributed by atoms with Gasteiger partial charge in [0.15, 0.2) is 0 Å². The number of alkyl halides is 3. The first kappa shape index (κ1) is 15.6. The van der Waals surface area contributed by atoms with Crippen molar-refractivity contribution in [2.75, 3.05) is 24.6 Å². The molecule has 1 saturated heterocycles. The number of hydrogen-bond donors (Lipinski definition) is 0. The van der Waals surface area contributed by atoms with Gasteiger partial charge in [0.1, 0.15) is 11.4 Å². The van der Waals surface area contributed by atoms with Crippen molar-refractivity contribution in [1.82, 2.24) is 9.97 Å². The van der Waals surface area contributed by atoms with Gasteiger partial charge in [-0.2, -0.15) is 13.2 Å². The van der Waals surface area contributed by atoms with E-state index in [1.165, 1.54) is 12.3 Å². The Hall–Kier alpha value is -2.31. The average Bonchev–Trinajstić information content (AvgIpc) is 3.02. The highest BCUT2D eigenvalue weighted by Crippen LogP contribution is 2.30. The zero-order valence-corrected chi connectivity index (χ0v) is 12.3. The van der Waals surface area contributed by atoms with Crippen molar-refractivity contribution >= 4 is 5.69 Å². The Kier molecular flexibility index (Phi) is 4.36. The molecule has 0 aliphatic carbocycles. The molecule has 0 bridgehead atoms. The van der Waals surface area contributed by atoms with Crippen molar-refractivity contribution in [2.45, 2.75) is 12.6 Å². The SMILES string of the molecule is FC(F)(F)c1ccc(N2CCC(COc3ccncc3)C2)cn1. The van der Waals surface area contributed by atoms with E-state index in [1.54, 1.807) is 24.5 Å². The highest BCUT2D eigenvalue weighted by Gasteiger charge is 2.32. The van der Waals surface area contributed by atoms with Crippen molar-refractivity contribution in [2.24, 2.45) is 5.92 Å². The predicted octanol–water partition coefficient (Wildman–Crippen LogP) is 3.40. The van der Waals surface area contributed by atoms with Crippen LogP contribution in [0.2, 0.25) is 0 Å². The van der Waals surface area contributed by atoms with Gasteiger partial charge in [0.25, 0.3) is 0 Å². The van der Waals surface area contributed by atoms with Crippen molar-refractivity contribution in [3.8, 4) is 5.75 Å². The highest BCUT2D eigenvalue weighted by molar-refractivity contribution is 5.45. The van der Waals surface area contributed by atoms with Crippen LogP contribution in [0.25, 0.3) is 0 Å². The lowest BCUT2D eigenvalue weighted by molar-refractivity contribution is -0.141. The lowest BCUT2D eigenvalue weighted by atomic mass is 10.1. The first-order valence-electron chi connectivity index (χ1n) is 7.33. The minimum absolute atomic E-state index is 0.338. The molecule has 1 fully saturated rings. The van der Waals surface area contributed by atoms with Crippen LogP contribution >= 0.6 is 0 Å². The van der Waals surface area contributed by atoms with E-state index < -0.39 is 11.9 Å². The lowest BCUT2D eigenvalue weighted by Gasteiger charge is -2.19. The Balaban J connectivity index is 1.55. The summed E-state index contributed by atoms with van der Waals surface area (Å²) in [4.78, 5) is 9.47. The van der Waals surface area contributed by atoms with Gasteiger partial charge < -0.3 is 9.64 Å². The summed E-state index contributed by atoms with van der Waals surface area (Å²) in [6.07, 6.45) is 1.17. The summed E-state index contributed by atoms with van der Waals surface area (Å²) in [7, 11) is 0. The van der Waals surface area contributed by atoms with Crippen molar-refractivity contribution in [3.63, 3.8) is 0 Å². The Morgan fingerprint density at radius 3 is 2.61 bits per heavy atom.